The summed E-state index contributed by atoms with van der Waals surface area (Å²) in [6.45, 7) is 0. The highest BCUT2D eigenvalue weighted by atomic mass is 15.0. The van der Waals surface area contributed by atoms with E-state index in [1.807, 2.05) is 91.1 Å². The second-order valence-electron chi connectivity index (χ2n) is 33.4. The van der Waals surface area contributed by atoms with Crippen LogP contribution in [0.4, 0.5) is 0 Å². The van der Waals surface area contributed by atoms with Crippen LogP contribution in [0.2, 0.25) is 0 Å². The lowest BCUT2D eigenvalue weighted by Crippen LogP contribution is -1.93. The minimum Gasteiger partial charge on any atom is -0.309 e. The van der Waals surface area contributed by atoms with Crippen molar-refractivity contribution in [1.29, 1.82) is 21.0 Å². The second kappa shape index (κ2) is 34.9. The zero-order chi connectivity index (χ0) is 91.1. The lowest BCUT2D eigenvalue weighted by Gasteiger charge is -2.08. The smallest absolute Gasteiger partial charge is 0.141 e. The summed E-state index contributed by atoms with van der Waals surface area (Å²) in [7, 11) is 0. The van der Waals surface area contributed by atoms with Crippen LogP contribution < -0.4 is 0 Å². The van der Waals surface area contributed by atoms with Crippen LogP contribution in [0.5, 0.6) is 0 Å². The number of rotatable bonds is 10. The van der Waals surface area contributed by atoms with Gasteiger partial charge in [-0.05, 0) is 231 Å². The summed E-state index contributed by atoms with van der Waals surface area (Å²) in [5, 5.41) is 56.6. The Morgan fingerprint density at radius 2 is 0.500 bits per heavy atom. The molecule has 16 aromatic carbocycles. The van der Waals surface area contributed by atoms with Crippen LogP contribution in [-0.4, -0.2) is 48.2 Å². The van der Waals surface area contributed by atoms with E-state index in [4.69, 9.17) is 9.97 Å². The van der Waals surface area contributed by atoms with Crippen molar-refractivity contribution < 1.29 is 0 Å². The molecule has 0 aliphatic heterocycles. The molecular weight excluding hydrogens is 1660 g/mol. The molecular formula is C122H74N14. The SMILES string of the molecule is N#Cc1cc(-c2cccc(-c3ccc4c(c3)c3c5ccccc5ccc3n4-c3ccccc3)n2)ccn1.N#Cc1ccnc(-c2ccc3c(c2)c2c4ccccc4ccc2n3-c2ccccc2)c1.N#Cc1cncc(-c2ccc3c(c2)c2c4ccccc4ccc2n3-c2ccccc2)c1.N#Cc1cncc(-c2cccc(-c3ccc4c(c3)c3c5ccccc5ccc3n4-c3ccccc3)n2)c1. The zero-order valence-corrected chi connectivity index (χ0v) is 73.0. The monoisotopic (exact) mass is 1730 g/mol. The number of hydrogen-bond donors (Lipinski definition) is 0. The first-order valence-electron chi connectivity index (χ1n) is 44.7. The topological polar surface area (TPSA) is 192 Å². The molecule has 14 nitrogen and oxygen atoms in total. The third-order valence-electron chi connectivity index (χ3n) is 25.5. The largest absolute Gasteiger partial charge is 0.309 e. The lowest BCUT2D eigenvalue weighted by molar-refractivity contribution is 1.18. The number of aromatic nitrogens is 10. The predicted molar refractivity (Wildman–Crippen MR) is 551 cm³/mol. The molecule has 10 heterocycles. The van der Waals surface area contributed by atoms with Crippen molar-refractivity contribution in [2.75, 3.05) is 0 Å². The Balaban J connectivity index is 0.000000102. The summed E-state index contributed by atoms with van der Waals surface area (Å²) in [6.07, 6.45) is 10.1. The fraction of sp³-hybridized carbons (Fsp3) is 0. The molecule has 26 rings (SSSR count). The lowest BCUT2D eigenvalue weighted by atomic mass is 10.0. The maximum atomic E-state index is 9.29. The van der Waals surface area contributed by atoms with Crippen molar-refractivity contribution in [2.24, 2.45) is 0 Å². The normalized spacial score (nSPS) is 11.2. The van der Waals surface area contributed by atoms with Crippen LogP contribution in [0.1, 0.15) is 22.4 Å². The Morgan fingerprint density at radius 3 is 0.875 bits per heavy atom. The molecule has 0 unspecified atom stereocenters. The fourth-order valence-corrected chi connectivity index (χ4v) is 19.4. The molecule has 0 atom stereocenters. The zero-order valence-electron chi connectivity index (χ0n) is 73.0. The third kappa shape index (κ3) is 14.8. The number of hydrogen-bond acceptors (Lipinski definition) is 10. The summed E-state index contributed by atoms with van der Waals surface area (Å²) < 4.78 is 9.32. The molecule has 0 spiro atoms. The Labute approximate surface area is 780 Å². The number of benzene rings is 16. The maximum Gasteiger partial charge on any atom is 0.141 e. The minimum absolute atomic E-state index is 0.381. The van der Waals surface area contributed by atoms with Crippen LogP contribution in [0.3, 0.4) is 0 Å². The molecule has 0 bridgehead atoms. The van der Waals surface area contributed by atoms with Crippen molar-refractivity contribution in [3.8, 4) is 114 Å². The van der Waals surface area contributed by atoms with Gasteiger partial charge in [0.05, 0.1) is 95.4 Å². The molecule has 0 saturated carbocycles. The molecule has 0 saturated heterocycles. The Hall–Kier alpha value is -19.4. The van der Waals surface area contributed by atoms with Crippen molar-refractivity contribution in [1.82, 2.24) is 48.2 Å². The van der Waals surface area contributed by atoms with E-state index in [9.17, 15) is 21.0 Å². The van der Waals surface area contributed by atoms with Crippen LogP contribution in [0.25, 0.3) is 220 Å². The van der Waals surface area contributed by atoms with Gasteiger partial charge < -0.3 is 18.3 Å². The van der Waals surface area contributed by atoms with Gasteiger partial charge in [0.1, 0.15) is 23.9 Å². The Kier molecular flexibility index (Phi) is 20.8. The van der Waals surface area contributed by atoms with E-state index in [1.54, 1.807) is 43.1 Å². The van der Waals surface area contributed by atoms with E-state index in [1.165, 1.54) is 108 Å². The standard InChI is InChI=1S/2C33H20N4.2C28H17N3/c34-19-22-17-25(21-35-20-22)30-12-6-11-29(36-30)24-14-15-31-28(18-24)33-27-10-5-4-7-23(27)13-16-32(33)37(31)26-8-2-1-3-9-26;34-21-25-19-24(17-18-35-25)30-12-6-11-29(36-30)23-14-15-31-28(20-23)33-27-10-5-4-7-22(27)13-16-32(33)37(31)26-8-2-1-3-9-26;29-16-19-14-22(18-30-17-19)21-11-12-26-25(15-21)28-24-9-5-4-6-20(24)10-13-27(28)31(26)23-7-2-1-3-8-23;29-18-19-14-15-30-25(16-19)21-11-12-26-24(17-21)28-23-9-5-4-6-20(23)10-13-27(28)31(26)22-7-2-1-3-8-22/h1-18,20-21H;1-20H;1-15,17-18H;1-17H. The first-order chi connectivity index (χ1) is 67.3. The van der Waals surface area contributed by atoms with Gasteiger partial charge in [0.25, 0.3) is 0 Å². The van der Waals surface area contributed by atoms with E-state index in [0.29, 0.717) is 22.4 Å². The average molecular weight is 1740 g/mol. The summed E-state index contributed by atoms with van der Waals surface area (Å²) >= 11 is 0. The van der Waals surface area contributed by atoms with Gasteiger partial charge in [-0.15, -0.1) is 0 Å². The fourth-order valence-electron chi connectivity index (χ4n) is 19.4. The number of fused-ring (bicyclic) bond motifs is 20. The van der Waals surface area contributed by atoms with Crippen molar-refractivity contribution in [3.63, 3.8) is 0 Å². The molecule has 632 valence electrons. The quantitative estimate of drug-likeness (QED) is 0.127. The van der Waals surface area contributed by atoms with Gasteiger partial charge in [0.15, 0.2) is 0 Å². The molecule has 14 heteroatoms. The van der Waals surface area contributed by atoms with Crippen LogP contribution in [0, 0.1) is 45.3 Å². The van der Waals surface area contributed by atoms with Crippen LogP contribution >= 0.6 is 0 Å². The van der Waals surface area contributed by atoms with Gasteiger partial charge >= 0.3 is 0 Å². The van der Waals surface area contributed by atoms with Gasteiger partial charge in [-0.25, -0.2) is 15.0 Å². The van der Waals surface area contributed by atoms with Crippen molar-refractivity contribution >= 4 is 130 Å². The summed E-state index contributed by atoms with van der Waals surface area (Å²) in [4.78, 5) is 27.0. The molecule has 0 aliphatic rings. The molecule has 0 N–H and O–H groups in total. The van der Waals surface area contributed by atoms with E-state index in [2.05, 4.69) is 378 Å². The van der Waals surface area contributed by atoms with Crippen LogP contribution in [-0.2, 0) is 0 Å². The number of nitriles is 4. The van der Waals surface area contributed by atoms with E-state index >= 15 is 0 Å². The van der Waals surface area contributed by atoms with E-state index in [0.717, 1.165) is 112 Å². The Bertz CT molecular complexity index is 8890. The van der Waals surface area contributed by atoms with E-state index < -0.39 is 0 Å². The molecule has 0 fully saturated rings. The van der Waals surface area contributed by atoms with Crippen molar-refractivity contribution in [2.45, 2.75) is 0 Å². The number of nitrogens with zero attached hydrogens (tertiary/aromatic N) is 14. The Morgan fingerprint density at radius 1 is 0.191 bits per heavy atom. The highest BCUT2D eigenvalue weighted by Gasteiger charge is 2.23. The van der Waals surface area contributed by atoms with Crippen molar-refractivity contribution in [3.05, 3.63) is 472 Å². The molecule has 136 heavy (non-hydrogen) atoms. The average Bonchev–Trinajstić information content (AvgIpc) is 1.59. The van der Waals surface area contributed by atoms with Gasteiger partial charge in [0, 0.05) is 136 Å². The first kappa shape index (κ1) is 81.1. The summed E-state index contributed by atoms with van der Waals surface area (Å²) in [5.41, 5.74) is 26.9. The molecule has 0 radical (unpaired) electrons. The minimum atomic E-state index is 0.381. The first-order valence-corrected chi connectivity index (χ1v) is 44.7. The maximum absolute atomic E-state index is 9.29. The molecule has 0 amide bonds. The second-order valence-corrected chi connectivity index (χ2v) is 33.4. The highest BCUT2D eigenvalue weighted by Crippen LogP contribution is 2.45. The van der Waals surface area contributed by atoms with Gasteiger partial charge in [-0.1, -0.05) is 231 Å². The van der Waals surface area contributed by atoms with Gasteiger partial charge in [0.2, 0.25) is 0 Å². The highest BCUT2D eigenvalue weighted by molar-refractivity contribution is 6.26. The predicted octanol–water partition coefficient (Wildman–Crippen LogP) is 29.6. The van der Waals surface area contributed by atoms with Gasteiger partial charge in [-0.2, -0.15) is 21.0 Å². The van der Waals surface area contributed by atoms with E-state index in [-0.39, 0.29) is 0 Å². The summed E-state index contributed by atoms with van der Waals surface area (Å²) in [5.74, 6) is 0. The molecule has 10 aromatic heterocycles. The number of pyridine rings is 6. The van der Waals surface area contributed by atoms with Crippen LogP contribution in [0.15, 0.2) is 450 Å². The molecule has 26 aromatic rings. The summed E-state index contributed by atoms with van der Waals surface area (Å²) in [6, 6.07) is 151. The van der Waals surface area contributed by atoms with Gasteiger partial charge in [-0.3, -0.25) is 15.0 Å². The number of para-hydroxylation sites is 4. The third-order valence-corrected chi connectivity index (χ3v) is 25.5. The molecule has 0 aliphatic carbocycles.